The second-order valence-electron chi connectivity index (χ2n) is 7.59. The average molecular weight is 516 g/mol. The molecule has 1 aliphatic heterocycles. The summed E-state index contributed by atoms with van der Waals surface area (Å²) < 4.78 is 58.0. The Hall–Kier alpha value is -2.18. The Balaban J connectivity index is 1.58. The van der Waals surface area contributed by atoms with E-state index < -0.39 is 32.5 Å². The molecule has 2 aromatic rings. The van der Waals surface area contributed by atoms with E-state index in [0.717, 1.165) is 17.1 Å². The lowest BCUT2D eigenvalue weighted by atomic mass is 10.2. The first-order chi connectivity index (χ1) is 15.6. The Morgan fingerprint density at radius 3 is 2.24 bits per heavy atom. The van der Waals surface area contributed by atoms with Gasteiger partial charge in [-0.3, -0.25) is 4.79 Å². The Morgan fingerprint density at radius 1 is 1.06 bits per heavy atom. The summed E-state index contributed by atoms with van der Waals surface area (Å²) >= 11 is 6.01. The smallest absolute Gasteiger partial charge is 0.243 e. The second kappa shape index (κ2) is 10.4. The molecule has 1 heterocycles. The Morgan fingerprint density at radius 2 is 1.67 bits per heavy atom. The lowest BCUT2D eigenvalue weighted by molar-refractivity contribution is -0.121. The molecule has 9 nitrogen and oxygen atoms in total. The maximum atomic E-state index is 12.7. The van der Waals surface area contributed by atoms with Crippen molar-refractivity contribution in [3.8, 4) is 5.75 Å². The molecular weight excluding hydrogens is 490 g/mol. The highest BCUT2D eigenvalue weighted by atomic mass is 35.5. The third kappa shape index (κ3) is 5.85. The number of carbonyl (C=O) groups excluding carboxylic acids is 1. The Kier molecular flexibility index (Phi) is 8.01. The molecule has 1 saturated heterocycles. The molecule has 1 aliphatic rings. The van der Waals surface area contributed by atoms with Crippen LogP contribution in [0, 0.1) is 0 Å². The number of amides is 1. The van der Waals surface area contributed by atoms with Crippen molar-refractivity contribution in [1.82, 2.24) is 13.9 Å². The van der Waals surface area contributed by atoms with E-state index in [0.29, 0.717) is 24.4 Å². The third-order valence-corrected chi connectivity index (χ3v) is 9.32. The molecule has 1 fully saturated rings. The molecular formula is C21H26ClN3O6S2. The van der Waals surface area contributed by atoms with Crippen molar-refractivity contribution in [2.75, 3.05) is 33.8 Å². The Labute approximate surface area is 199 Å². The summed E-state index contributed by atoms with van der Waals surface area (Å²) in [5, 5.41) is 2.79. The fourth-order valence-corrected chi connectivity index (χ4v) is 6.38. The zero-order valence-corrected chi connectivity index (χ0v) is 20.7. The van der Waals surface area contributed by atoms with Crippen molar-refractivity contribution in [3.05, 3.63) is 53.1 Å². The summed E-state index contributed by atoms with van der Waals surface area (Å²) in [5.41, 5.74) is 0.691. The fourth-order valence-electron chi connectivity index (χ4n) is 3.39. The minimum Gasteiger partial charge on any atom is -0.495 e. The van der Waals surface area contributed by atoms with Gasteiger partial charge in [-0.15, -0.1) is 0 Å². The van der Waals surface area contributed by atoms with Crippen LogP contribution in [0.15, 0.2) is 52.3 Å². The molecule has 0 bridgehead atoms. The van der Waals surface area contributed by atoms with Crippen LogP contribution in [0.25, 0.3) is 0 Å². The van der Waals surface area contributed by atoms with E-state index in [9.17, 15) is 21.6 Å². The minimum absolute atomic E-state index is 0.0570. The zero-order chi connectivity index (χ0) is 24.2. The summed E-state index contributed by atoms with van der Waals surface area (Å²) in [7, 11) is -4.71. The van der Waals surface area contributed by atoms with Gasteiger partial charge in [0.15, 0.2) is 0 Å². The molecule has 1 amide bonds. The summed E-state index contributed by atoms with van der Waals surface area (Å²) in [6.45, 7) is 0.789. The number of hydrogen-bond acceptors (Lipinski definition) is 6. The highest BCUT2D eigenvalue weighted by molar-refractivity contribution is 7.89. The predicted octanol–water partition coefficient (Wildman–Crippen LogP) is 2.07. The van der Waals surface area contributed by atoms with Gasteiger partial charge in [-0.1, -0.05) is 23.7 Å². The molecule has 180 valence electrons. The van der Waals surface area contributed by atoms with Crippen LogP contribution in [0.3, 0.4) is 0 Å². The van der Waals surface area contributed by atoms with Crippen LogP contribution >= 0.6 is 11.6 Å². The SMILES string of the molecule is COc1ccc(S(=O)(=O)N(C)CC(=O)NCc2ccc(S(=O)(=O)N3CCCC3)cc2)cc1Cl. The van der Waals surface area contributed by atoms with Gasteiger partial charge in [0.2, 0.25) is 26.0 Å². The molecule has 0 atom stereocenters. The molecule has 2 aromatic carbocycles. The highest BCUT2D eigenvalue weighted by Crippen LogP contribution is 2.28. The van der Waals surface area contributed by atoms with Crippen LogP contribution in [-0.4, -0.2) is 65.1 Å². The van der Waals surface area contributed by atoms with E-state index in [1.54, 1.807) is 12.1 Å². The van der Waals surface area contributed by atoms with Crippen molar-refractivity contribution in [1.29, 1.82) is 0 Å². The number of methoxy groups -OCH3 is 1. The van der Waals surface area contributed by atoms with Crippen molar-refractivity contribution in [3.63, 3.8) is 0 Å². The van der Waals surface area contributed by atoms with Gasteiger partial charge in [0, 0.05) is 26.7 Å². The van der Waals surface area contributed by atoms with Crippen LogP contribution in [0.1, 0.15) is 18.4 Å². The number of halogens is 1. The number of carbonyl (C=O) groups is 1. The van der Waals surface area contributed by atoms with Crippen molar-refractivity contribution in [2.45, 2.75) is 29.2 Å². The fraction of sp³-hybridized carbons (Fsp3) is 0.381. The Bertz CT molecular complexity index is 1210. The molecule has 0 spiro atoms. The average Bonchev–Trinajstić information content (AvgIpc) is 3.34. The molecule has 0 aromatic heterocycles. The van der Waals surface area contributed by atoms with Crippen molar-refractivity contribution < 1.29 is 26.4 Å². The van der Waals surface area contributed by atoms with Gasteiger partial charge >= 0.3 is 0 Å². The first-order valence-electron chi connectivity index (χ1n) is 10.2. The number of sulfonamides is 2. The number of benzene rings is 2. The quantitative estimate of drug-likeness (QED) is 0.547. The molecule has 33 heavy (non-hydrogen) atoms. The summed E-state index contributed by atoms with van der Waals surface area (Å²) in [5.74, 6) is -0.162. The van der Waals surface area contributed by atoms with Gasteiger partial charge in [-0.2, -0.15) is 8.61 Å². The first-order valence-corrected chi connectivity index (χ1v) is 13.5. The number of nitrogens with zero attached hydrogens (tertiary/aromatic N) is 2. The van der Waals surface area contributed by atoms with Crippen LogP contribution in [-0.2, 0) is 31.4 Å². The summed E-state index contributed by atoms with van der Waals surface area (Å²) in [6, 6.07) is 10.3. The van der Waals surface area contributed by atoms with Gasteiger partial charge in [-0.05, 0) is 48.7 Å². The van der Waals surface area contributed by atoms with Gasteiger partial charge in [0.05, 0.1) is 28.5 Å². The number of hydrogen-bond donors (Lipinski definition) is 1. The van der Waals surface area contributed by atoms with E-state index in [1.807, 2.05) is 0 Å². The second-order valence-corrected chi connectivity index (χ2v) is 12.0. The number of ether oxygens (including phenoxy) is 1. The number of likely N-dealkylation sites (N-methyl/N-ethyl adjacent to an activating group) is 1. The maximum Gasteiger partial charge on any atom is 0.243 e. The van der Waals surface area contributed by atoms with Crippen molar-refractivity contribution in [2.24, 2.45) is 0 Å². The maximum absolute atomic E-state index is 12.7. The topological polar surface area (TPSA) is 113 Å². The van der Waals surface area contributed by atoms with Crippen molar-refractivity contribution >= 4 is 37.6 Å². The van der Waals surface area contributed by atoms with E-state index in [4.69, 9.17) is 16.3 Å². The van der Waals surface area contributed by atoms with Crippen LogP contribution < -0.4 is 10.1 Å². The molecule has 0 aliphatic carbocycles. The number of rotatable bonds is 9. The highest BCUT2D eigenvalue weighted by Gasteiger charge is 2.27. The van der Waals surface area contributed by atoms with E-state index in [2.05, 4.69) is 5.32 Å². The largest absolute Gasteiger partial charge is 0.495 e. The van der Waals surface area contributed by atoms with Crippen LogP contribution in [0.4, 0.5) is 0 Å². The number of nitrogens with one attached hydrogen (secondary N) is 1. The standard InChI is InChI=1S/C21H26ClN3O6S2/c1-24(32(27,28)18-9-10-20(31-2)19(22)13-18)15-21(26)23-14-16-5-7-17(8-6-16)33(29,30)25-11-3-4-12-25/h5-10,13H,3-4,11-12,14-15H2,1-2H3,(H,23,26). The molecule has 1 N–H and O–H groups in total. The van der Waals surface area contributed by atoms with Crippen LogP contribution in [0.2, 0.25) is 5.02 Å². The van der Waals surface area contributed by atoms with E-state index in [-0.39, 0.29) is 21.4 Å². The van der Waals surface area contributed by atoms with E-state index >= 15 is 0 Å². The monoisotopic (exact) mass is 515 g/mol. The van der Waals surface area contributed by atoms with Gasteiger partial charge < -0.3 is 10.1 Å². The zero-order valence-electron chi connectivity index (χ0n) is 18.3. The predicted molar refractivity (Wildman–Crippen MR) is 124 cm³/mol. The van der Waals surface area contributed by atoms with Gasteiger partial charge in [0.1, 0.15) is 5.75 Å². The van der Waals surface area contributed by atoms with Crippen LogP contribution in [0.5, 0.6) is 5.75 Å². The van der Waals surface area contributed by atoms with E-state index in [1.165, 1.54) is 48.8 Å². The van der Waals surface area contributed by atoms with Gasteiger partial charge in [-0.25, -0.2) is 16.8 Å². The minimum atomic E-state index is -3.93. The normalized spacial score (nSPS) is 15.0. The summed E-state index contributed by atoms with van der Waals surface area (Å²) in [4.78, 5) is 12.5. The molecule has 12 heteroatoms. The molecule has 3 rings (SSSR count). The third-order valence-electron chi connectivity index (χ3n) is 5.31. The molecule has 0 unspecified atom stereocenters. The summed E-state index contributed by atoms with van der Waals surface area (Å²) in [6.07, 6.45) is 1.72. The molecule has 0 saturated carbocycles. The van der Waals surface area contributed by atoms with Gasteiger partial charge in [0.25, 0.3) is 0 Å². The first kappa shape index (κ1) is 25.4. The lowest BCUT2D eigenvalue weighted by Crippen LogP contribution is -2.38. The lowest BCUT2D eigenvalue weighted by Gasteiger charge is -2.18. The molecule has 0 radical (unpaired) electrons.